The molecule has 1 aromatic rings. The number of rotatable bonds is 9. The highest BCUT2D eigenvalue weighted by molar-refractivity contribution is 5.95. The van der Waals surface area contributed by atoms with E-state index in [0.29, 0.717) is 5.56 Å². The van der Waals surface area contributed by atoms with Gasteiger partial charge in [0.25, 0.3) is 0 Å². The van der Waals surface area contributed by atoms with Crippen LogP contribution in [0.5, 0.6) is 0 Å². The number of allylic oxidation sites excluding steroid dienone is 3. The Labute approximate surface area is 145 Å². The fourth-order valence-electron chi connectivity index (χ4n) is 2.28. The Balaban J connectivity index is 2.43. The van der Waals surface area contributed by atoms with Gasteiger partial charge in [0.1, 0.15) is 0 Å². The summed E-state index contributed by atoms with van der Waals surface area (Å²) < 4.78 is 4.77. The SMILES string of the molecule is COC(=O)c1ccccc1NC=CCC=C(C)CCCC(C)(C)O. The van der Waals surface area contributed by atoms with Gasteiger partial charge < -0.3 is 15.2 Å². The summed E-state index contributed by atoms with van der Waals surface area (Å²) in [6.45, 7) is 5.79. The van der Waals surface area contributed by atoms with Gasteiger partial charge in [0.05, 0.1) is 24.0 Å². The summed E-state index contributed by atoms with van der Waals surface area (Å²) in [5.41, 5.74) is 1.98. The number of methoxy groups -OCH3 is 1. The number of hydrogen-bond acceptors (Lipinski definition) is 4. The molecule has 0 aliphatic carbocycles. The van der Waals surface area contributed by atoms with E-state index in [4.69, 9.17) is 4.74 Å². The molecule has 0 aliphatic heterocycles. The van der Waals surface area contributed by atoms with E-state index in [9.17, 15) is 9.90 Å². The van der Waals surface area contributed by atoms with Crippen LogP contribution in [0.2, 0.25) is 0 Å². The van der Waals surface area contributed by atoms with E-state index >= 15 is 0 Å². The predicted molar refractivity (Wildman–Crippen MR) is 99.1 cm³/mol. The van der Waals surface area contributed by atoms with Gasteiger partial charge in [0.15, 0.2) is 0 Å². The standard InChI is InChI=1S/C20H29NO3/c1-16(11-9-14-20(2,3)23)10-7-8-15-21-18-13-6-5-12-17(18)19(22)24-4/h5-6,8,10,12-13,15,21,23H,7,9,11,14H2,1-4H3. The maximum Gasteiger partial charge on any atom is 0.339 e. The molecule has 0 spiro atoms. The third-order valence-electron chi connectivity index (χ3n) is 3.65. The van der Waals surface area contributed by atoms with Gasteiger partial charge in [-0.3, -0.25) is 0 Å². The van der Waals surface area contributed by atoms with Crippen molar-refractivity contribution in [2.45, 2.75) is 52.1 Å². The Morgan fingerprint density at radius 3 is 2.71 bits per heavy atom. The van der Waals surface area contributed by atoms with Crippen LogP contribution in [0.1, 0.15) is 56.8 Å². The Hall–Kier alpha value is -2.07. The smallest absolute Gasteiger partial charge is 0.339 e. The molecule has 0 atom stereocenters. The minimum absolute atomic E-state index is 0.353. The minimum Gasteiger partial charge on any atom is -0.465 e. The van der Waals surface area contributed by atoms with E-state index in [1.54, 1.807) is 12.1 Å². The normalized spacial score (nSPS) is 12.5. The quantitative estimate of drug-likeness (QED) is 0.510. The van der Waals surface area contributed by atoms with Crippen LogP contribution in [0.4, 0.5) is 5.69 Å². The number of carbonyl (C=O) groups excluding carboxylic acids is 1. The van der Waals surface area contributed by atoms with E-state index in [1.807, 2.05) is 38.3 Å². The summed E-state index contributed by atoms with van der Waals surface area (Å²) in [5.74, 6) is -0.353. The fourth-order valence-corrected chi connectivity index (χ4v) is 2.28. The molecule has 0 unspecified atom stereocenters. The molecular formula is C20H29NO3. The number of esters is 1. The van der Waals surface area contributed by atoms with Crippen LogP contribution in [0.3, 0.4) is 0 Å². The maximum absolute atomic E-state index is 11.7. The maximum atomic E-state index is 11.7. The minimum atomic E-state index is -0.586. The van der Waals surface area contributed by atoms with Crippen molar-refractivity contribution in [1.82, 2.24) is 0 Å². The van der Waals surface area contributed by atoms with Crippen LogP contribution in [0.15, 0.2) is 48.2 Å². The molecule has 0 fully saturated rings. The number of para-hydroxylation sites is 1. The van der Waals surface area contributed by atoms with Gasteiger partial charge >= 0.3 is 5.97 Å². The number of anilines is 1. The van der Waals surface area contributed by atoms with Crippen molar-refractivity contribution in [2.75, 3.05) is 12.4 Å². The lowest BCUT2D eigenvalue weighted by Crippen LogP contribution is -2.17. The summed E-state index contributed by atoms with van der Waals surface area (Å²) >= 11 is 0. The zero-order valence-electron chi connectivity index (χ0n) is 15.1. The largest absolute Gasteiger partial charge is 0.465 e. The zero-order chi connectivity index (χ0) is 18.0. The highest BCUT2D eigenvalue weighted by atomic mass is 16.5. The summed E-state index contributed by atoms with van der Waals surface area (Å²) in [6, 6.07) is 7.25. The van der Waals surface area contributed by atoms with E-state index in [-0.39, 0.29) is 5.97 Å². The second kappa shape index (κ2) is 9.93. The van der Waals surface area contributed by atoms with Crippen molar-refractivity contribution in [3.05, 3.63) is 53.8 Å². The molecule has 0 aromatic heterocycles. The van der Waals surface area contributed by atoms with Crippen LogP contribution in [-0.2, 0) is 4.74 Å². The number of benzene rings is 1. The van der Waals surface area contributed by atoms with Gasteiger partial charge in [0.2, 0.25) is 0 Å². The Morgan fingerprint density at radius 2 is 2.04 bits per heavy atom. The van der Waals surface area contributed by atoms with Gasteiger partial charge in [-0.25, -0.2) is 4.79 Å². The average molecular weight is 331 g/mol. The van der Waals surface area contributed by atoms with Crippen molar-refractivity contribution in [1.29, 1.82) is 0 Å². The van der Waals surface area contributed by atoms with E-state index in [1.165, 1.54) is 12.7 Å². The van der Waals surface area contributed by atoms with Crippen molar-refractivity contribution in [2.24, 2.45) is 0 Å². The molecule has 0 heterocycles. The van der Waals surface area contributed by atoms with Crippen molar-refractivity contribution in [3.63, 3.8) is 0 Å². The van der Waals surface area contributed by atoms with Crippen LogP contribution >= 0.6 is 0 Å². The molecule has 0 radical (unpaired) electrons. The summed E-state index contributed by atoms with van der Waals surface area (Å²) in [4.78, 5) is 11.7. The number of ether oxygens (including phenoxy) is 1. The fraction of sp³-hybridized carbons (Fsp3) is 0.450. The lowest BCUT2D eigenvalue weighted by atomic mass is 9.99. The highest BCUT2D eigenvalue weighted by Gasteiger charge is 2.11. The number of nitrogens with one attached hydrogen (secondary N) is 1. The first-order valence-corrected chi connectivity index (χ1v) is 8.30. The molecule has 132 valence electrons. The molecule has 1 aromatic carbocycles. The van der Waals surface area contributed by atoms with Gasteiger partial charge in [0, 0.05) is 0 Å². The summed E-state index contributed by atoms with van der Waals surface area (Å²) in [5, 5.41) is 12.8. The van der Waals surface area contributed by atoms with Gasteiger partial charge in [-0.2, -0.15) is 0 Å². The lowest BCUT2D eigenvalue weighted by Gasteiger charge is -2.16. The average Bonchev–Trinajstić information content (AvgIpc) is 2.53. The summed E-state index contributed by atoms with van der Waals surface area (Å²) in [7, 11) is 1.38. The Bertz CT molecular complexity index is 583. The van der Waals surface area contributed by atoms with Gasteiger partial charge in [-0.15, -0.1) is 0 Å². The molecule has 24 heavy (non-hydrogen) atoms. The van der Waals surface area contributed by atoms with Gasteiger partial charge in [-0.1, -0.05) is 29.9 Å². The van der Waals surface area contributed by atoms with Crippen LogP contribution in [0.25, 0.3) is 0 Å². The van der Waals surface area contributed by atoms with E-state index < -0.39 is 5.60 Å². The molecule has 0 saturated heterocycles. The van der Waals surface area contributed by atoms with Crippen molar-refractivity contribution < 1.29 is 14.6 Å². The molecule has 1 rings (SSSR count). The zero-order valence-corrected chi connectivity index (χ0v) is 15.1. The van der Waals surface area contributed by atoms with Crippen LogP contribution < -0.4 is 5.32 Å². The number of carbonyl (C=O) groups is 1. The van der Waals surface area contributed by atoms with Crippen molar-refractivity contribution in [3.8, 4) is 0 Å². The van der Waals surface area contributed by atoms with Crippen molar-refractivity contribution >= 4 is 11.7 Å². The number of hydrogen-bond donors (Lipinski definition) is 2. The van der Waals surface area contributed by atoms with E-state index in [2.05, 4.69) is 18.3 Å². The molecule has 0 aliphatic rings. The van der Waals surface area contributed by atoms with Crippen LogP contribution in [0, 0.1) is 0 Å². The molecular weight excluding hydrogens is 302 g/mol. The highest BCUT2D eigenvalue weighted by Crippen LogP contribution is 2.17. The predicted octanol–water partition coefficient (Wildman–Crippen LogP) is 4.68. The first-order valence-electron chi connectivity index (χ1n) is 8.30. The molecule has 4 heteroatoms. The molecule has 4 nitrogen and oxygen atoms in total. The second-order valence-electron chi connectivity index (χ2n) is 6.54. The molecule has 2 N–H and O–H groups in total. The first kappa shape index (κ1) is 20.0. The third kappa shape index (κ3) is 7.97. The molecule has 0 bridgehead atoms. The second-order valence-corrected chi connectivity index (χ2v) is 6.54. The molecule has 0 saturated carbocycles. The third-order valence-corrected chi connectivity index (χ3v) is 3.65. The lowest BCUT2D eigenvalue weighted by molar-refractivity contribution is 0.0601. The summed E-state index contributed by atoms with van der Waals surface area (Å²) in [6.07, 6.45) is 9.63. The monoisotopic (exact) mass is 331 g/mol. The topological polar surface area (TPSA) is 58.6 Å². The first-order chi connectivity index (χ1) is 11.3. The van der Waals surface area contributed by atoms with Crippen LogP contribution in [-0.4, -0.2) is 23.8 Å². The Kier molecular flexibility index (Phi) is 8.27. The Morgan fingerprint density at radius 1 is 1.33 bits per heavy atom. The van der Waals surface area contributed by atoms with E-state index in [0.717, 1.165) is 31.4 Å². The number of aliphatic hydroxyl groups is 1. The van der Waals surface area contributed by atoms with Gasteiger partial charge in [-0.05, 0) is 64.8 Å². The molecule has 0 amide bonds.